The van der Waals surface area contributed by atoms with Crippen molar-refractivity contribution in [1.82, 2.24) is 4.98 Å². The van der Waals surface area contributed by atoms with Crippen molar-refractivity contribution in [3.8, 4) is 11.5 Å². The Morgan fingerprint density at radius 3 is 2.80 bits per heavy atom. The van der Waals surface area contributed by atoms with Gasteiger partial charge in [0.1, 0.15) is 11.5 Å². The first kappa shape index (κ1) is 14.3. The summed E-state index contributed by atoms with van der Waals surface area (Å²) in [6.45, 7) is 2.57. The van der Waals surface area contributed by atoms with E-state index in [-0.39, 0.29) is 6.04 Å². The highest BCUT2D eigenvalue weighted by molar-refractivity contribution is 5.31. The molecule has 0 spiro atoms. The van der Waals surface area contributed by atoms with Crippen LogP contribution in [0.2, 0.25) is 0 Å². The van der Waals surface area contributed by atoms with Crippen LogP contribution in [0.15, 0.2) is 42.7 Å². The number of hydrogen-bond acceptors (Lipinski definition) is 4. The Bertz CT molecular complexity index is 558. The van der Waals surface area contributed by atoms with E-state index < -0.39 is 0 Å². The molecular formula is C16H20N2O2. The summed E-state index contributed by atoms with van der Waals surface area (Å²) < 4.78 is 10.7. The predicted octanol–water partition coefficient (Wildman–Crippen LogP) is 2.73. The Labute approximate surface area is 119 Å². The third kappa shape index (κ3) is 3.71. The topological polar surface area (TPSA) is 57.4 Å². The van der Waals surface area contributed by atoms with E-state index in [1.54, 1.807) is 19.5 Å². The van der Waals surface area contributed by atoms with Gasteiger partial charge in [-0.05, 0) is 42.7 Å². The Balaban J connectivity index is 2.10. The minimum absolute atomic E-state index is 0.116. The zero-order valence-electron chi connectivity index (χ0n) is 11.9. The molecule has 1 atom stereocenters. The molecule has 0 saturated heterocycles. The van der Waals surface area contributed by atoms with Gasteiger partial charge in [-0.3, -0.25) is 4.98 Å². The van der Waals surface area contributed by atoms with Gasteiger partial charge in [0.05, 0.1) is 19.9 Å². The molecule has 4 nitrogen and oxygen atoms in total. The lowest BCUT2D eigenvalue weighted by atomic mass is 10.0. The van der Waals surface area contributed by atoms with Gasteiger partial charge in [0.25, 0.3) is 0 Å². The van der Waals surface area contributed by atoms with Crippen molar-refractivity contribution >= 4 is 0 Å². The quantitative estimate of drug-likeness (QED) is 0.878. The van der Waals surface area contributed by atoms with Crippen molar-refractivity contribution in [3.05, 3.63) is 53.9 Å². The van der Waals surface area contributed by atoms with Crippen molar-refractivity contribution in [2.75, 3.05) is 13.7 Å². The molecule has 0 aliphatic heterocycles. The van der Waals surface area contributed by atoms with E-state index >= 15 is 0 Å². The summed E-state index contributed by atoms with van der Waals surface area (Å²) in [6.07, 6.45) is 4.22. The second-order valence-corrected chi connectivity index (χ2v) is 4.55. The number of aromatic nitrogens is 1. The highest BCUT2D eigenvalue weighted by Crippen LogP contribution is 2.21. The van der Waals surface area contributed by atoms with Crippen LogP contribution in [0.25, 0.3) is 0 Å². The molecule has 0 radical (unpaired) electrons. The molecule has 0 aliphatic rings. The molecule has 0 aliphatic carbocycles. The third-order valence-corrected chi connectivity index (χ3v) is 3.06. The van der Waals surface area contributed by atoms with Gasteiger partial charge in [-0.1, -0.05) is 12.1 Å². The highest BCUT2D eigenvalue weighted by atomic mass is 16.5. The van der Waals surface area contributed by atoms with E-state index in [0.717, 1.165) is 29.0 Å². The molecule has 0 bridgehead atoms. The summed E-state index contributed by atoms with van der Waals surface area (Å²) in [4.78, 5) is 4.17. The molecule has 1 unspecified atom stereocenters. The number of hydrogen-bond donors (Lipinski definition) is 1. The fraction of sp³-hybridized carbons (Fsp3) is 0.312. The van der Waals surface area contributed by atoms with E-state index in [1.807, 2.05) is 37.3 Å². The molecule has 0 saturated carbocycles. The van der Waals surface area contributed by atoms with Crippen LogP contribution in [-0.2, 0) is 6.42 Å². The maximum Gasteiger partial charge on any atom is 0.137 e. The smallest absolute Gasteiger partial charge is 0.137 e. The molecule has 1 aromatic carbocycles. The fourth-order valence-corrected chi connectivity index (χ4v) is 2.06. The molecule has 106 valence electrons. The van der Waals surface area contributed by atoms with Crippen molar-refractivity contribution in [2.24, 2.45) is 5.73 Å². The number of nitrogens with two attached hydrogens (primary N) is 1. The Hall–Kier alpha value is -2.07. The average Bonchev–Trinajstić information content (AvgIpc) is 2.48. The zero-order chi connectivity index (χ0) is 14.4. The number of methoxy groups -OCH3 is 1. The number of nitrogens with zero attached hydrogens (tertiary/aromatic N) is 1. The molecule has 2 rings (SSSR count). The van der Waals surface area contributed by atoms with Gasteiger partial charge >= 0.3 is 0 Å². The van der Waals surface area contributed by atoms with Crippen molar-refractivity contribution in [3.63, 3.8) is 0 Å². The lowest BCUT2D eigenvalue weighted by Gasteiger charge is -2.13. The highest BCUT2D eigenvalue weighted by Gasteiger charge is 2.09. The van der Waals surface area contributed by atoms with Gasteiger partial charge < -0.3 is 15.2 Å². The minimum atomic E-state index is -0.116. The van der Waals surface area contributed by atoms with E-state index in [4.69, 9.17) is 15.2 Å². The second-order valence-electron chi connectivity index (χ2n) is 4.55. The second kappa shape index (κ2) is 6.91. The Kier molecular flexibility index (Phi) is 4.96. The van der Waals surface area contributed by atoms with E-state index in [2.05, 4.69) is 4.98 Å². The standard InChI is InChI=1S/C16H20N2O2/c1-3-20-15-9-13(10-18-11-15)16(17)8-12-5-4-6-14(7-12)19-2/h4-7,9-11,16H,3,8,17H2,1-2H3. The molecule has 0 amide bonds. The summed E-state index contributed by atoms with van der Waals surface area (Å²) in [5, 5.41) is 0. The zero-order valence-corrected chi connectivity index (χ0v) is 11.9. The lowest BCUT2D eigenvalue weighted by Crippen LogP contribution is -2.14. The van der Waals surface area contributed by atoms with Crippen LogP contribution in [0.4, 0.5) is 0 Å². The summed E-state index contributed by atoms with van der Waals surface area (Å²) in [6, 6.07) is 9.76. The van der Waals surface area contributed by atoms with Crippen LogP contribution in [0, 0.1) is 0 Å². The maximum atomic E-state index is 6.25. The van der Waals surface area contributed by atoms with Crippen molar-refractivity contribution < 1.29 is 9.47 Å². The number of ether oxygens (including phenoxy) is 2. The maximum absolute atomic E-state index is 6.25. The van der Waals surface area contributed by atoms with Gasteiger partial charge in [-0.2, -0.15) is 0 Å². The van der Waals surface area contributed by atoms with Gasteiger partial charge in [0.2, 0.25) is 0 Å². The van der Waals surface area contributed by atoms with Crippen LogP contribution < -0.4 is 15.2 Å². The number of pyridine rings is 1. The molecule has 2 N–H and O–H groups in total. The first-order valence-corrected chi connectivity index (χ1v) is 6.69. The lowest BCUT2D eigenvalue weighted by molar-refractivity contribution is 0.338. The number of benzene rings is 1. The van der Waals surface area contributed by atoms with Gasteiger partial charge in [-0.25, -0.2) is 0 Å². The summed E-state index contributed by atoms with van der Waals surface area (Å²) in [5.74, 6) is 1.60. The third-order valence-electron chi connectivity index (χ3n) is 3.06. The Morgan fingerprint density at radius 2 is 2.05 bits per heavy atom. The van der Waals surface area contributed by atoms with E-state index in [1.165, 1.54) is 0 Å². The first-order valence-electron chi connectivity index (χ1n) is 6.69. The largest absolute Gasteiger partial charge is 0.497 e. The van der Waals surface area contributed by atoms with Gasteiger partial charge in [0, 0.05) is 12.2 Å². The SMILES string of the molecule is CCOc1cncc(C(N)Cc2cccc(OC)c2)c1. The Morgan fingerprint density at radius 1 is 1.20 bits per heavy atom. The fourth-order valence-electron chi connectivity index (χ4n) is 2.06. The summed E-state index contributed by atoms with van der Waals surface area (Å²) in [7, 11) is 1.66. The van der Waals surface area contributed by atoms with Gasteiger partial charge in [0.15, 0.2) is 0 Å². The number of rotatable bonds is 6. The van der Waals surface area contributed by atoms with Crippen LogP contribution >= 0.6 is 0 Å². The molecular weight excluding hydrogens is 252 g/mol. The van der Waals surface area contributed by atoms with Crippen molar-refractivity contribution in [2.45, 2.75) is 19.4 Å². The molecule has 0 fully saturated rings. The molecule has 20 heavy (non-hydrogen) atoms. The van der Waals surface area contributed by atoms with Crippen LogP contribution in [0.5, 0.6) is 11.5 Å². The summed E-state index contributed by atoms with van der Waals surface area (Å²) >= 11 is 0. The summed E-state index contributed by atoms with van der Waals surface area (Å²) in [5.41, 5.74) is 8.36. The first-order chi connectivity index (χ1) is 9.72. The van der Waals surface area contributed by atoms with E-state index in [9.17, 15) is 0 Å². The van der Waals surface area contributed by atoms with Crippen molar-refractivity contribution in [1.29, 1.82) is 0 Å². The van der Waals surface area contributed by atoms with E-state index in [0.29, 0.717) is 6.61 Å². The van der Waals surface area contributed by atoms with Crippen LogP contribution in [0.1, 0.15) is 24.1 Å². The normalized spacial score (nSPS) is 11.9. The average molecular weight is 272 g/mol. The molecule has 1 heterocycles. The molecule has 2 aromatic rings. The van der Waals surface area contributed by atoms with Crippen LogP contribution in [-0.4, -0.2) is 18.7 Å². The monoisotopic (exact) mass is 272 g/mol. The minimum Gasteiger partial charge on any atom is -0.497 e. The molecule has 1 aromatic heterocycles. The van der Waals surface area contributed by atoms with Gasteiger partial charge in [-0.15, -0.1) is 0 Å². The molecule has 4 heteroatoms. The van der Waals surface area contributed by atoms with Crippen LogP contribution in [0.3, 0.4) is 0 Å². The predicted molar refractivity (Wildman–Crippen MR) is 79.0 cm³/mol.